The molecule has 0 amide bonds. The average molecular weight is 295 g/mol. The first kappa shape index (κ1) is 13.6. The minimum atomic E-state index is 0.234. The van der Waals surface area contributed by atoms with Gasteiger partial charge in [-0.3, -0.25) is 5.10 Å². The Kier molecular flexibility index (Phi) is 3.52. The Balaban J connectivity index is 1.75. The Hall–Kier alpha value is -1.40. The molecule has 1 aliphatic heterocycles. The number of nitrogens with zero attached hydrogens (tertiary/aromatic N) is 4. The van der Waals surface area contributed by atoms with Gasteiger partial charge in [0.15, 0.2) is 5.65 Å². The fraction of sp³-hybridized carbons (Fsp3) is 0.615. The number of aromatic amines is 1. The van der Waals surface area contributed by atoms with Crippen LogP contribution in [0.1, 0.15) is 19.8 Å². The van der Waals surface area contributed by atoms with Gasteiger partial charge in [0.2, 0.25) is 5.28 Å². The molecule has 1 saturated heterocycles. The summed E-state index contributed by atoms with van der Waals surface area (Å²) in [5.41, 5.74) is 0.959. The van der Waals surface area contributed by atoms with Crippen LogP contribution >= 0.6 is 11.6 Å². The van der Waals surface area contributed by atoms with Crippen molar-refractivity contribution in [1.82, 2.24) is 25.1 Å². The van der Waals surface area contributed by atoms with Crippen LogP contribution in [-0.4, -0.2) is 51.7 Å². The molecule has 3 heterocycles. The summed E-state index contributed by atoms with van der Waals surface area (Å²) in [6.45, 7) is 5.49. The fourth-order valence-electron chi connectivity index (χ4n) is 2.57. The van der Waals surface area contributed by atoms with Gasteiger partial charge in [-0.25, -0.2) is 0 Å². The van der Waals surface area contributed by atoms with E-state index in [4.69, 9.17) is 11.6 Å². The molecule has 0 aromatic carbocycles. The molecular weight excluding hydrogens is 276 g/mol. The van der Waals surface area contributed by atoms with E-state index in [0.29, 0.717) is 11.1 Å². The Bertz CT molecular complexity index is 602. The molecular formula is C13H19ClN6. The fourth-order valence-corrected chi connectivity index (χ4v) is 2.74. The highest BCUT2D eigenvalue weighted by atomic mass is 35.5. The molecule has 0 radical (unpaired) electrons. The van der Waals surface area contributed by atoms with E-state index < -0.39 is 0 Å². The Morgan fingerprint density at radius 2 is 2.15 bits per heavy atom. The highest BCUT2D eigenvalue weighted by Gasteiger charge is 2.28. The maximum Gasteiger partial charge on any atom is 0.226 e. The molecule has 0 saturated carbocycles. The van der Waals surface area contributed by atoms with Crippen LogP contribution in [0.2, 0.25) is 5.28 Å². The van der Waals surface area contributed by atoms with E-state index in [1.165, 1.54) is 12.8 Å². The number of piperidine rings is 1. The zero-order valence-corrected chi connectivity index (χ0v) is 12.5. The first-order valence-electron chi connectivity index (χ1n) is 6.85. The van der Waals surface area contributed by atoms with Crippen molar-refractivity contribution in [2.75, 3.05) is 32.0 Å². The van der Waals surface area contributed by atoms with Gasteiger partial charge in [-0.05, 0) is 50.0 Å². The summed E-state index contributed by atoms with van der Waals surface area (Å²) in [5, 5.41) is 11.4. The van der Waals surface area contributed by atoms with Gasteiger partial charge in [0.05, 0.1) is 11.6 Å². The Morgan fingerprint density at radius 1 is 1.40 bits per heavy atom. The number of H-pyrrole nitrogens is 1. The lowest BCUT2D eigenvalue weighted by molar-refractivity contribution is 0.150. The van der Waals surface area contributed by atoms with Gasteiger partial charge in [-0.1, -0.05) is 6.92 Å². The van der Waals surface area contributed by atoms with Crippen molar-refractivity contribution in [3.8, 4) is 0 Å². The summed E-state index contributed by atoms with van der Waals surface area (Å²) < 4.78 is 0. The summed E-state index contributed by atoms with van der Waals surface area (Å²) >= 11 is 5.94. The molecule has 2 aromatic rings. The van der Waals surface area contributed by atoms with Gasteiger partial charge in [0.1, 0.15) is 5.82 Å². The monoisotopic (exact) mass is 294 g/mol. The molecule has 0 unspecified atom stereocenters. The predicted molar refractivity (Wildman–Crippen MR) is 80.0 cm³/mol. The molecule has 2 aromatic heterocycles. The number of rotatable bonds is 3. The number of hydrogen-bond donors (Lipinski definition) is 2. The smallest absolute Gasteiger partial charge is 0.226 e. The number of likely N-dealkylation sites (tertiary alicyclic amines) is 1. The lowest BCUT2D eigenvalue weighted by Crippen LogP contribution is -2.40. The molecule has 7 heteroatoms. The normalized spacial score (nSPS) is 19.4. The predicted octanol–water partition coefficient (Wildman–Crippen LogP) is 2.15. The summed E-state index contributed by atoms with van der Waals surface area (Å²) in [6.07, 6.45) is 4.10. The highest BCUT2D eigenvalue weighted by molar-refractivity contribution is 6.28. The number of fused-ring (bicyclic) bond motifs is 1. The first-order chi connectivity index (χ1) is 9.56. The van der Waals surface area contributed by atoms with E-state index in [1.54, 1.807) is 6.20 Å². The number of aromatic nitrogens is 4. The molecule has 0 atom stereocenters. The number of halogens is 1. The summed E-state index contributed by atoms with van der Waals surface area (Å²) in [6, 6.07) is 0. The molecule has 6 nitrogen and oxygen atoms in total. The standard InChI is InChI=1S/C13H19ClN6/c1-13(3-5-20(2)6-4-13)8-15-10-9-7-16-19-11(9)18-12(14)17-10/h7H,3-6,8H2,1-2H3,(H2,15,16,17,18,19). The van der Waals surface area contributed by atoms with E-state index >= 15 is 0 Å². The lowest BCUT2D eigenvalue weighted by Gasteiger charge is -2.38. The van der Waals surface area contributed by atoms with Crippen LogP contribution < -0.4 is 5.32 Å². The third-order valence-corrected chi connectivity index (χ3v) is 4.33. The van der Waals surface area contributed by atoms with Crippen molar-refractivity contribution >= 4 is 28.5 Å². The van der Waals surface area contributed by atoms with Crippen molar-refractivity contribution in [3.63, 3.8) is 0 Å². The average Bonchev–Trinajstić information content (AvgIpc) is 2.88. The second-order valence-electron chi connectivity index (χ2n) is 5.94. The molecule has 20 heavy (non-hydrogen) atoms. The van der Waals surface area contributed by atoms with Crippen molar-refractivity contribution in [1.29, 1.82) is 0 Å². The van der Waals surface area contributed by atoms with Crippen LogP contribution in [-0.2, 0) is 0 Å². The van der Waals surface area contributed by atoms with E-state index in [-0.39, 0.29) is 5.28 Å². The number of anilines is 1. The molecule has 108 valence electrons. The van der Waals surface area contributed by atoms with Crippen molar-refractivity contribution < 1.29 is 0 Å². The molecule has 3 rings (SSSR count). The minimum Gasteiger partial charge on any atom is -0.369 e. The van der Waals surface area contributed by atoms with E-state index in [9.17, 15) is 0 Å². The maximum atomic E-state index is 5.94. The number of nitrogens with one attached hydrogen (secondary N) is 2. The van der Waals surface area contributed by atoms with Crippen LogP contribution in [0, 0.1) is 5.41 Å². The highest BCUT2D eigenvalue weighted by Crippen LogP contribution is 2.31. The second-order valence-corrected chi connectivity index (χ2v) is 6.28. The van der Waals surface area contributed by atoms with Gasteiger partial charge in [-0.2, -0.15) is 15.1 Å². The minimum absolute atomic E-state index is 0.234. The van der Waals surface area contributed by atoms with Crippen molar-refractivity contribution in [2.24, 2.45) is 5.41 Å². The molecule has 0 aliphatic carbocycles. The van der Waals surface area contributed by atoms with Crippen LogP contribution in [0.3, 0.4) is 0 Å². The third kappa shape index (κ3) is 2.71. The largest absolute Gasteiger partial charge is 0.369 e. The van der Waals surface area contributed by atoms with E-state index in [0.717, 1.165) is 30.8 Å². The van der Waals surface area contributed by atoms with Gasteiger partial charge in [0.25, 0.3) is 0 Å². The van der Waals surface area contributed by atoms with Gasteiger partial charge < -0.3 is 10.2 Å². The first-order valence-corrected chi connectivity index (χ1v) is 7.23. The van der Waals surface area contributed by atoms with Crippen molar-refractivity contribution in [2.45, 2.75) is 19.8 Å². The maximum absolute atomic E-state index is 5.94. The molecule has 0 bridgehead atoms. The molecule has 1 aliphatic rings. The second kappa shape index (κ2) is 5.18. The SMILES string of the molecule is CN1CCC(C)(CNc2nc(Cl)nc3[nH]ncc23)CC1. The van der Waals surface area contributed by atoms with Crippen molar-refractivity contribution in [3.05, 3.63) is 11.5 Å². The molecule has 2 N–H and O–H groups in total. The van der Waals surface area contributed by atoms with E-state index in [2.05, 4.69) is 44.4 Å². The summed E-state index contributed by atoms with van der Waals surface area (Å²) in [7, 11) is 2.17. The zero-order chi connectivity index (χ0) is 14.2. The zero-order valence-electron chi connectivity index (χ0n) is 11.8. The Morgan fingerprint density at radius 3 is 2.90 bits per heavy atom. The topological polar surface area (TPSA) is 69.7 Å². The van der Waals surface area contributed by atoms with Gasteiger partial charge in [-0.15, -0.1) is 0 Å². The third-order valence-electron chi connectivity index (χ3n) is 4.16. The van der Waals surface area contributed by atoms with Crippen LogP contribution in [0.15, 0.2) is 6.20 Å². The summed E-state index contributed by atoms with van der Waals surface area (Å²) in [5.74, 6) is 0.758. The quantitative estimate of drug-likeness (QED) is 0.849. The van der Waals surface area contributed by atoms with Crippen LogP contribution in [0.25, 0.3) is 11.0 Å². The van der Waals surface area contributed by atoms with E-state index in [1.807, 2.05) is 0 Å². The molecule has 0 spiro atoms. The number of hydrogen-bond acceptors (Lipinski definition) is 5. The van der Waals surface area contributed by atoms with Gasteiger partial charge >= 0.3 is 0 Å². The Labute approximate surface area is 122 Å². The summed E-state index contributed by atoms with van der Waals surface area (Å²) in [4.78, 5) is 10.8. The molecule has 1 fully saturated rings. The van der Waals surface area contributed by atoms with Crippen LogP contribution in [0.4, 0.5) is 5.82 Å². The lowest BCUT2D eigenvalue weighted by atomic mass is 9.80. The van der Waals surface area contributed by atoms with Crippen LogP contribution in [0.5, 0.6) is 0 Å². The van der Waals surface area contributed by atoms with Gasteiger partial charge in [0, 0.05) is 6.54 Å².